The van der Waals surface area contributed by atoms with Gasteiger partial charge in [-0.3, -0.25) is 9.59 Å². The van der Waals surface area contributed by atoms with Crippen LogP contribution in [0.3, 0.4) is 0 Å². The summed E-state index contributed by atoms with van der Waals surface area (Å²) in [6.07, 6.45) is 13.3. The molecule has 1 aliphatic heterocycles. The van der Waals surface area contributed by atoms with Crippen molar-refractivity contribution in [2.75, 3.05) is 0 Å². The summed E-state index contributed by atoms with van der Waals surface area (Å²) in [5.74, 6) is 0.486. The fourth-order valence-corrected chi connectivity index (χ4v) is 9.08. The fourth-order valence-electron chi connectivity index (χ4n) is 6.44. The van der Waals surface area contributed by atoms with Gasteiger partial charge in [-0.1, -0.05) is 86.5 Å². The summed E-state index contributed by atoms with van der Waals surface area (Å²) in [4.78, 5) is 25.8. The van der Waals surface area contributed by atoms with E-state index < -0.39 is 16.6 Å². The van der Waals surface area contributed by atoms with Crippen LogP contribution >= 0.6 is 0 Å². The van der Waals surface area contributed by atoms with Gasteiger partial charge in [0.25, 0.3) is 0 Å². The molecule has 1 heterocycles. The van der Waals surface area contributed by atoms with Crippen molar-refractivity contribution in [1.82, 2.24) is 0 Å². The van der Waals surface area contributed by atoms with Crippen LogP contribution in [0.25, 0.3) is 0 Å². The lowest BCUT2D eigenvalue weighted by atomic mass is 9.66. The Morgan fingerprint density at radius 1 is 0.955 bits per heavy atom. The van der Waals surface area contributed by atoms with Crippen LogP contribution in [0.15, 0.2) is 23.8 Å². The third kappa shape index (κ3) is 9.65. The monoisotopic (exact) mass is 648 g/mol. The van der Waals surface area contributed by atoms with Gasteiger partial charge < -0.3 is 18.3 Å². The molecular formula is C36H64O6Si2. The van der Waals surface area contributed by atoms with E-state index in [2.05, 4.69) is 99.8 Å². The van der Waals surface area contributed by atoms with Crippen LogP contribution in [0.1, 0.15) is 113 Å². The van der Waals surface area contributed by atoms with Crippen LogP contribution in [0.2, 0.25) is 36.3 Å². The molecule has 1 fully saturated rings. The van der Waals surface area contributed by atoms with Gasteiger partial charge in [0.1, 0.15) is 12.2 Å². The summed E-state index contributed by atoms with van der Waals surface area (Å²) in [5.41, 5.74) is 1.23. The molecule has 0 bridgehead atoms. The molecule has 3 aliphatic rings. The van der Waals surface area contributed by atoms with Crippen molar-refractivity contribution in [3.05, 3.63) is 23.8 Å². The van der Waals surface area contributed by atoms with Crippen LogP contribution in [0, 0.1) is 17.8 Å². The third-order valence-electron chi connectivity index (χ3n) is 11.2. The summed E-state index contributed by atoms with van der Waals surface area (Å²) in [6.45, 7) is 27.0. The standard InChI is InChI=1S/C36H64O6Si2/c1-13-14-15-16-32(37)40-31-23-28(41-43(9,10)35(3,4)5)21-26-18-17-25(2)30(34(26)31)20-19-27-22-29(24-33(38)39-27)42-44(11,12)36(6,7)8/h17-18,21,25,27-31,34H,13-16,19-20,22-24H2,1-12H3/t25-,27+,28+,29+,30-,31-,34-/m0/s1. The van der Waals surface area contributed by atoms with Crippen molar-refractivity contribution >= 4 is 28.6 Å². The number of carbonyl (C=O) groups is 2. The minimum atomic E-state index is -2.02. The van der Waals surface area contributed by atoms with E-state index in [1.807, 2.05) is 0 Å². The van der Waals surface area contributed by atoms with E-state index in [0.717, 1.165) is 38.5 Å². The van der Waals surface area contributed by atoms with Gasteiger partial charge in [0.2, 0.25) is 0 Å². The highest BCUT2D eigenvalue weighted by Crippen LogP contribution is 2.47. The van der Waals surface area contributed by atoms with E-state index >= 15 is 0 Å². The summed E-state index contributed by atoms with van der Waals surface area (Å²) in [6, 6.07) is 0. The van der Waals surface area contributed by atoms with E-state index in [0.29, 0.717) is 25.2 Å². The number of allylic oxidation sites excluding steroid dienone is 2. The maximum absolute atomic E-state index is 13.1. The van der Waals surface area contributed by atoms with Crippen LogP contribution in [-0.4, -0.2) is 53.0 Å². The molecule has 0 aromatic heterocycles. The number of ether oxygens (including phenoxy) is 2. The van der Waals surface area contributed by atoms with Gasteiger partial charge in [-0.25, -0.2) is 0 Å². The Kier molecular flexibility index (Phi) is 12.4. The highest BCUT2D eigenvalue weighted by Gasteiger charge is 2.46. The Hall–Kier alpha value is -1.23. The molecule has 252 valence electrons. The lowest BCUT2D eigenvalue weighted by Crippen LogP contribution is -2.48. The molecule has 7 atom stereocenters. The molecule has 3 rings (SSSR count). The fraction of sp³-hybridized carbons (Fsp3) is 0.833. The molecule has 0 spiro atoms. The zero-order chi connectivity index (χ0) is 33.1. The van der Waals surface area contributed by atoms with E-state index in [1.165, 1.54) is 5.57 Å². The van der Waals surface area contributed by atoms with E-state index in [4.69, 9.17) is 18.3 Å². The second kappa shape index (κ2) is 14.7. The molecular weight excluding hydrogens is 585 g/mol. The molecule has 0 N–H and O–H groups in total. The van der Waals surface area contributed by atoms with E-state index in [-0.39, 0.29) is 58.3 Å². The van der Waals surface area contributed by atoms with Gasteiger partial charge in [0.15, 0.2) is 16.6 Å². The first-order valence-electron chi connectivity index (χ1n) is 17.4. The van der Waals surface area contributed by atoms with Crippen molar-refractivity contribution in [2.45, 2.75) is 174 Å². The summed E-state index contributed by atoms with van der Waals surface area (Å²) >= 11 is 0. The number of carbonyl (C=O) groups excluding carboxylic acids is 2. The molecule has 44 heavy (non-hydrogen) atoms. The van der Waals surface area contributed by atoms with Crippen LogP contribution in [-0.2, 0) is 27.9 Å². The maximum Gasteiger partial charge on any atom is 0.308 e. The minimum absolute atomic E-state index is 0.0677. The molecule has 0 amide bonds. The van der Waals surface area contributed by atoms with Gasteiger partial charge in [-0.05, 0) is 72.9 Å². The highest BCUT2D eigenvalue weighted by atomic mass is 28.4. The van der Waals surface area contributed by atoms with Crippen LogP contribution in [0.5, 0.6) is 0 Å². The number of hydrogen-bond acceptors (Lipinski definition) is 6. The lowest BCUT2D eigenvalue weighted by Gasteiger charge is -2.46. The number of fused-ring (bicyclic) bond motifs is 1. The molecule has 0 unspecified atom stereocenters. The zero-order valence-electron chi connectivity index (χ0n) is 30.1. The molecule has 0 aromatic carbocycles. The predicted molar refractivity (Wildman–Crippen MR) is 184 cm³/mol. The lowest BCUT2D eigenvalue weighted by molar-refractivity contribution is -0.161. The van der Waals surface area contributed by atoms with Gasteiger partial charge >= 0.3 is 11.9 Å². The second-order valence-corrected chi connectivity index (χ2v) is 26.4. The first-order valence-corrected chi connectivity index (χ1v) is 23.2. The number of esters is 2. The average Bonchev–Trinajstić information content (AvgIpc) is 2.86. The summed E-state index contributed by atoms with van der Waals surface area (Å²) in [5, 5.41) is 0.185. The predicted octanol–water partition coefficient (Wildman–Crippen LogP) is 9.51. The van der Waals surface area contributed by atoms with E-state index in [1.54, 1.807) is 0 Å². The van der Waals surface area contributed by atoms with Crippen LogP contribution < -0.4 is 0 Å². The highest BCUT2D eigenvalue weighted by molar-refractivity contribution is 6.74. The van der Waals surface area contributed by atoms with E-state index in [9.17, 15) is 9.59 Å². The number of rotatable bonds is 12. The Balaban J connectivity index is 1.80. The zero-order valence-corrected chi connectivity index (χ0v) is 32.1. The molecule has 0 aromatic rings. The topological polar surface area (TPSA) is 71.1 Å². The van der Waals surface area contributed by atoms with Gasteiger partial charge in [0.05, 0.1) is 18.6 Å². The molecule has 2 aliphatic carbocycles. The molecule has 8 heteroatoms. The molecule has 6 nitrogen and oxygen atoms in total. The van der Waals surface area contributed by atoms with Gasteiger partial charge in [-0.15, -0.1) is 0 Å². The SMILES string of the molecule is CCCCCC(=O)O[C@H]1C[C@H](O[Si](C)(C)C(C)(C)C)C=C2C=C[C@H](C)[C@H](CC[C@@H]3C[C@@H](O[Si](C)(C)C(C)(C)C)CC(=O)O3)[C@H]21. The summed E-state index contributed by atoms with van der Waals surface area (Å²) < 4.78 is 25.8. The third-order valence-corrected chi connectivity index (χ3v) is 20.2. The van der Waals surface area contributed by atoms with Crippen molar-refractivity contribution in [2.24, 2.45) is 17.8 Å². The first-order chi connectivity index (χ1) is 20.2. The van der Waals surface area contributed by atoms with Gasteiger partial charge in [-0.2, -0.15) is 0 Å². The maximum atomic E-state index is 13.1. The first kappa shape index (κ1) is 37.2. The second-order valence-electron chi connectivity index (χ2n) is 16.8. The number of hydrogen-bond donors (Lipinski definition) is 0. The number of unbranched alkanes of at least 4 members (excludes halogenated alkanes) is 2. The Morgan fingerprint density at radius 3 is 2.20 bits per heavy atom. The molecule has 0 radical (unpaired) electrons. The van der Waals surface area contributed by atoms with Crippen molar-refractivity contribution in [3.8, 4) is 0 Å². The largest absolute Gasteiger partial charge is 0.462 e. The quantitative estimate of drug-likeness (QED) is 0.119. The Morgan fingerprint density at radius 2 is 1.59 bits per heavy atom. The average molecular weight is 649 g/mol. The Bertz CT molecular complexity index is 1050. The normalized spacial score (nSPS) is 30.0. The number of cyclic esters (lactones) is 1. The Labute approximate surface area is 271 Å². The van der Waals surface area contributed by atoms with Crippen LogP contribution in [0.4, 0.5) is 0 Å². The molecule has 1 saturated heterocycles. The van der Waals surface area contributed by atoms with Crippen molar-refractivity contribution in [1.29, 1.82) is 0 Å². The molecule has 0 saturated carbocycles. The van der Waals surface area contributed by atoms with Gasteiger partial charge in [0, 0.05) is 25.2 Å². The van der Waals surface area contributed by atoms with Crippen molar-refractivity contribution in [3.63, 3.8) is 0 Å². The minimum Gasteiger partial charge on any atom is -0.462 e. The van der Waals surface area contributed by atoms with Crippen molar-refractivity contribution < 1.29 is 27.9 Å². The summed E-state index contributed by atoms with van der Waals surface area (Å²) in [7, 11) is -4.02. The smallest absolute Gasteiger partial charge is 0.308 e.